The minimum Gasteiger partial charge on any atom is -0.392 e. The molecular formula is C9H22N2O2. The lowest BCUT2D eigenvalue weighted by molar-refractivity contribution is -0.0770. The fraction of sp³-hybridized carbons (Fsp3) is 1.00. The van der Waals surface area contributed by atoms with E-state index in [-0.39, 0.29) is 12.8 Å². The van der Waals surface area contributed by atoms with Crippen molar-refractivity contribution in [2.45, 2.75) is 13.2 Å². The molecule has 0 rings (SSSR count). The number of likely N-dealkylation sites (N-methyl/N-ethyl adjacent to an activating group) is 2. The van der Waals surface area contributed by atoms with Gasteiger partial charge in [0.15, 0.2) is 0 Å². The Morgan fingerprint density at radius 1 is 1.31 bits per heavy atom. The van der Waals surface area contributed by atoms with Crippen molar-refractivity contribution in [3.63, 3.8) is 0 Å². The Morgan fingerprint density at radius 2 is 1.92 bits per heavy atom. The lowest BCUT2D eigenvalue weighted by Crippen LogP contribution is -2.38. The molecule has 0 aliphatic carbocycles. The van der Waals surface area contributed by atoms with Gasteiger partial charge in [0.1, 0.15) is 6.23 Å². The predicted octanol–water partition coefficient (Wildman–Crippen LogP) is -0.165. The van der Waals surface area contributed by atoms with Crippen molar-refractivity contribution in [3.05, 3.63) is 0 Å². The first-order valence-electron chi connectivity index (χ1n) is 4.69. The molecule has 0 saturated carbocycles. The molecule has 0 fully saturated rings. The fourth-order valence-corrected chi connectivity index (χ4v) is 0.894. The zero-order chi connectivity index (χ0) is 10.3. The number of hydrogen-bond donors (Lipinski definition) is 1. The highest BCUT2D eigenvalue weighted by atomic mass is 16.5. The van der Waals surface area contributed by atoms with Crippen molar-refractivity contribution in [3.8, 4) is 0 Å². The van der Waals surface area contributed by atoms with Gasteiger partial charge in [0.05, 0.1) is 13.2 Å². The number of aliphatic hydroxyl groups excluding tert-OH is 1. The second kappa shape index (κ2) is 7.26. The summed E-state index contributed by atoms with van der Waals surface area (Å²) in [7, 11) is 5.94. The van der Waals surface area contributed by atoms with Crippen molar-refractivity contribution in [2.75, 3.05) is 47.4 Å². The molecule has 0 aliphatic heterocycles. The third kappa shape index (κ3) is 5.99. The van der Waals surface area contributed by atoms with Gasteiger partial charge in [-0.25, -0.2) is 0 Å². The van der Waals surface area contributed by atoms with Crippen LogP contribution < -0.4 is 0 Å². The first-order valence-corrected chi connectivity index (χ1v) is 4.69. The monoisotopic (exact) mass is 190 g/mol. The molecule has 1 N–H and O–H groups in total. The van der Waals surface area contributed by atoms with E-state index in [9.17, 15) is 0 Å². The van der Waals surface area contributed by atoms with E-state index < -0.39 is 0 Å². The molecule has 4 nitrogen and oxygen atoms in total. The molecule has 80 valence electrons. The first kappa shape index (κ1) is 12.8. The van der Waals surface area contributed by atoms with Gasteiger partial charge in [-0.3, -0.25) is 4.90 Å². The van der Waals surface area contributed by atoms with Crippen LogP contribution in [0.1, 0.15) is 6.92 Å². The summed E-state index contributed by atoms with van der Waals surface area (Å²) in [6.45, 7) is 4.51. The van der Waals surface area contributed by atoms with Crippen LogP contribution in [0.5, 0.6) is 0 Å². The van der Waals surface area contributed by atoms with E-state index in [1.165, 1.54) is 0 Å². The minimum absolute atomic E-state index is 0.0533. The largest absolute Gasteiger partial charge is 0.392 e. The molecule has 0 aromatic carbocycles. The van der Waals surface area contributed by atoms with Crippen LogP contribution in [0, 0.1) is 0 Å². The maximum atomic E-state index is 9.01. The zero-order valence-corrected chi connectivity index (χ0v) is 9.16. The highest BCUT2D eigenvalue weighted by molar-refractivity contribution is 4.55. The Balaban J connectivity index is 3.59. The van der Waals surface area contributed by atoms with Crippen molar-refractivity contribution in [2.24, 2.45) is 0 Å². The second-order valence-corrected chi connectivity index (χ2v) is 3.38. The van der Waals surface area contributed by atoms with Crippen LogP contribution in [-0.2, 0) is 4.74 Å². The van der Waals surface area contributed by atoms with Gasteiger partial charge in [-0.15, -0.1) is 0 Å². The number of nitrogens with zero attached hydrogens (tertiary/aromatic N) is 2. The molecule has 1 atom stereocenters. The molecule has 0 aromatic heterocycles. The quantitative estimate of drug-likeness (QED) is 0.566. The zero-order valence-electron chi connectivity index (χ0n) is 9.16. The van der Waals surface area contributed by atoms with Gasteiger partial charge in [-0.1, -0.05) is 6.92 Å². The summed E-state index contributed by atoms with van der Waals surface area (Å²) in [5, 5.41) is 9.01. The average molecular weight is 190 g/mol. The summed E-state index contributed by atoms with van der Waals surface area (Å²) in [6, 6.07) is 0. The molecule has 0 bridgehead atoms. The Bertz CT molecular complexity index is 120. The number of ether oxygens (including phenoxy) is 1. The van der Waals surface area contributed by atoms with E-state index >= 15 is 0 Å². The van der Waals surface area contributed by atoms with E-state index in [2.05, 4.69) is 4.90 Å². The Labute approximate surface area is 81.1 Å². The number of hydrogen-bond acceptors (Lipinski definition) is 4. The van der Waals surface area contributed by atoms with Crippen LogP contribution in [0.2, 0.25) is 0 Å². The molecule has 0 aromatic rings. The smallest absolute Gasteiger partial charge is 0.133 e. The summed E-state index contributed by atoms with van der Waals surface area (Å²) in [4.78, 5) is 4.04. The lowest BCUT2D eigenvalue weighted by atomic mass is 10.5. The Morgan fingerprint density at radius 3 is 2.31 bits per heavy atom. The molecule has 0 heterocycles. The summed E-state index contributed by atoms with van der Waals surface area (Å²) in [6.07, 6.45) is -0.162. The maximum Gasteiger partial charge on any atom is 0.133 e. The van der Waals surface area contributed by atoms with E-state index in [1.54, 1.807) is 0 Å². The second-order valence-electron chi connectivity index (χ2n) is 3.38. The lowest BCUT2D eigenvalue weighted by Gasteiger charge is -2.25. The minimum atomic E-state index is -0.162. The van der Waals surface area contributed by atoms with Crippen LogP contribution in [0.25, 0.3) is 0 Å². The molecule has 1 unspecified atom stereocenters. The van der Waals surface area contributed by atoms with Crippen molar-refractivity contribution >= 4 is 0 Å². The van der Waals surface area contributed by atoms with Crippen LogP contribution in [0.3, 0.4) is 0 Å². The Kier molecular flexibility index (Phi) is 7.17. The summed E-state index contributed by atoms with van der Waals surface area (Å²) < 4.78 is 5.49. The normalized spacial score (nSPS) is 14.1. The summed E-state index contributed by atoms with van der Waals surface area (Å²) in [5.41, 5.74) is 0. The standard InChI is InChI=1S/C9H22N2O2/c1-5-11(4)9(8-12)13-7-6-10(2)3/h9,12H,5-8H2,1-4H3. The number of rotatable bonds is 7. The van der Waals surface area contributed by atoms with Gasteiger partial charge in [0.2, 0.25) is 0 Å². The average Bonchev–Trinajstić information content (AvgIpc) is 2.11. The SMILES string of the molecule is CCN(C)C(CO)OCCN(C)C. The van der Waals surface area contributed by atoms with Crippen LogP contribution in [-0.4, -0.2) is 68.6 Å². The molecular weight excluding hydrogens is 168 g/mol. The first-order chi connectivity index (χ1) is 6.11. The van der Waals surface area contributed by atoms with Crippen LogP contribution in [0.15, 0.2) is 0 Å². The van der Waals surface area contributed by atoms with E-state index in [1.807, 2.05) is 33.0 Å². The van der Waals surface area contributed by atoms with Crippen molar-refractivity contribution in [1.82, 2.24) is 9.80 Å². The van der Waals surface area contributed by atoms with Gasteiger partial charge in [0.25, 0.3) is 0 Å². The molecule has 0 amide bonds. The van der Waals surface area contributed by atoms with E-state index in [0.29, 0.717) is 6.61 Å². The van der Waals surface area contributed by atoms with E-state index in [4.69, 9.17) is 9.84 Å². The topological polar surface area (TPSA) is 35.9 Å². The van der Waals surface area contributed by atoms with Gasteiger partial charge >= 0.3 is 0 Å². The van der Waals surface area contributed by atoms with E-state index in [0.717, 1.165) is 13.1 Å². The summed E-state index contributed by atoms with van der Waals surface area (Å²) in [5.74, 6) is 0. The molecule has 13 heavy (non-hydrogen) atoms. The molecule has 4 heteroatoms. The maximum absolute atomic E-state index is 9.01. The highest BCUT2D eigenvalue weighted by Crippen LogP contribution is 1.97. The van der Waals surface area contributed by atoms with Gasteiger partial charge < -0.3 is 14.7 Å². The third-order valence-corrected chi connectivity index (χ3v) is 2.00. The molecule has 0 spiro atoms. The summed E-state index contributed by atoms with van der Waals surface area (Å²) >= 11 is 0. The van der Waals surface area contributed by atoms with Gasteiger partial charge in [0, 0.05) is 6.54 Å². The van der Waals surface area contributed by atoms with Crippen LogP contribution >= 0.6 is 0 Å². The van der Waals surface area contributed by atoms with Gasteiger partial charge in [-0.05, 0) is 27.7 Å². The predicted molar refractivity (Wildman–Crippen MR) is 53.7 cm³/mol. The van der Waals surface area contributed by atoms with Crippen molar-refractivity contribution < 1.29 is 9.84 Å². The number of aliphatic hydroxyl groups is 1. The third-order valence-electron chi connectivity index (χ3n) is 2.00. The molecule has 0 saturated heterocycles. The van der Waals surface area contributed by atoms with Crippen LogP contribution in [0.4, 0.5) is 0 Å². The Hall–Kier alpha value is -0.160. The molecule has 0 radical (unpaired) electrons. The van der Waals surface area contributed by atoms with Gasteiger partial charge in [-0.2, -0.15) is 0 Å². The highest BCUT2D eigenvalue weighted by Gasteiger charge is 2.11. The van der Waals surface area contributed by atoms with Crippen molar-refractivity contribution in [1.29, 1.82) is 0 Å². The fourth-order valence-electron chi connectivity index (χ4n) is 0.894. The molecule has 0 aliphatic rings.